The van der Waals surface area contributed by atoms with Gasteiger partial charge in [-0.1, -0.05) is 0 Å². The van der Waals surface area contributed by atoms with Crippen LogP contribution in [0.15, 0.2) is 27.2 Å². The summed E-state index contributed by atoms with van der Waals surface area (Å²) < 4.78 is 10.9. The third-order valence-electron chi connectivity index (χ3n) is 2.88. The SMILES string of the molecule is COCCOC(=O)C1=C(C)NC(=O)NC1c1cc(Br)cs1. The Labute approximate surface area is 134 Å². The van der Waals surface area contributed by atoms with Gasteiger partial charge in [0.25, 0.3) is 0 Å². The second-order valence-corrected chi connectivity index (χ2v) is 6.22. The molecule has 21 heavy (non-hydrogen) atoms. The molecule has 0 radical (unpaired) electrons. The van der Waals surface area contributed by atoms with Gasteiger partial charge in [-0.15, -0.1) is 11.3 Å². The summed E-state index contributed by atoms with van der Waals surface area (Å²) in [5.74, 6) is -0.466. The van der Waals surface area contributed by atoms with Crippen molar-refractivity contribution in [2.24, 2.45) is 0 Å². The van der Waals surface area contributed by atoms with Crippen LogP contribution in [0.5, 0.6) is 0 Å². The average molecular weight is 375 g/mol. The van der Waals surface area contributed by atoms with E-state index in [1.807, 2.05) is 11.4 Å². The monoisotopic (exact) mass is 374 g/mol. The highest BCUT2D eigenvalue weighted by molar-refractivity contribution is 9.10. The number of nitrogens with one attached hydrogen (secondary N) is 2. The zero-order valence-electron chi connectivity index (χ0n) is 11.6. The molecule has 0 bridgehead atoms. The highest BCUT2D eigenvalue weighted by Gasteiger charge is 2.33. The molecule has 114 valence electrons. The minimum atomic E-state index is -0.509. The molecule has 1 atom stereocenters. The van der Waals surface area contributed by atoms with Crippen LogP contribution in [0.4, 0.5) is 4.79 Å². The Morgan fingerprint density at radius 2 is 2.24 bits per heavy atom. The molecule has 8 heteroatoms. The van der Waals surface area contributed by atoms with E-state index in [0.717, 1.165) is 9.35 Å². The molecule has 1 aromatic rings. The average Bonchev–Trinajstić information content (AvgIpc) is 2.84. The van der Waals surface area contributed by atoms with Gasteiger partial charge in [0, 0.05) is 27.5 Å². The van der Waals surface area contributed by atoms with Crippen molar-refractivity contribution in [2.75, 3.05) is 20.3 Å². The number of hydrogen-bond donors (Lipinski definition) is 2. The van der Waals surface area contributed by atoms with Crippen molar-refractivity contribution in [2.45, 2.75) is 13.0 Å². The van der Waals surface area contributed by atoms with Gasteiger partial charge in [-0.05, 0) is 28.9 Å². The van der Waals surface area contributed by atoms with Crippen LogP contribution in [0.25, 0.3) is 0 Å². The summed E-state index contributed by atoms with van der Waals surface area (Å²) in [5, 5.41) is 7.24. The van der Waals surface area contributed by atoms with E-state index < -0.39 is 12.0 Å². The van der Waals surface area contributed by atoms with Crippen molar-refractivity contribution >= 4 is 39.3 Å². The van der Waals surface area contributed by atoms with E-state index in [1.165, 1.54) is 18.4 Å². The van der Waals surface area contributed by atoms with Crippen LogP contribution in [-0.4, -0.2) is 32.3 Å². The maximum absolute atomic E-state index is 12.2. The molecule has 2 rings (SSSR count). The predicted molar refractivity (Wildman–Crippen MR) is 82.0 cm³/mol. The Morgan fingerprint density at radius 3 is 2.86 bits per heavy atom. The Morgan fingerprint density at radius 1 is 1.48 bits per heavy atom. The lowest BCUT2D eigenvalue weighted by Crippen LogP contribution is -2.45. The number of ether oxygens (including phenoxy) is 2. The summed E-state index contributed by atoms with van der Waals surface area (Å²) in [6.07, 6.45) is 0. The maximum atomic E-state index is 12.2. The van der Waals surface area contributed by atoms with E-state index in [4.69, 9.17) is 9.47 Å². The number of halogens is 1. The predicted octanol–water partition coefficient (Wildman–Crippen LogP) is 2.33. The van der Waals surface area contributed by atoms with Crippen molar-refractivity contribution in [1.82, 2.24) is 10.6 Å². The first-order valence-electron chi connectivity index (χ1n) is 6.21. The van der Waals surface area contributed by atoms with Crippen LogP contribution in [0.1, 0.15) is 17.8 Å². The molecule has 0 saturated carbocycles. The van der Waals surface area contributed by atoms with E-state index in [1.54, 1.807) is 6.92 Å². The Hall–Kier alpha value is -1.38. The Bertz CT molecular complexity index is 584. The molecular weight excluding hydrogens is 360 g/mol. The van der Waals surface area contributed by atoms with E-state index in [0.29, 0.717) is 17.9 Å². The fourth-order valence-electron chi connectivity index (χ4n) is 1.95. The van der Waals surface area contributed by atoms with Gasteiger partial charge in [0.1, 0.15) is 6.61 Å². The second-order valence-electron chi connectivity index (χ2n) is 4.37. The molecule has 0 spiro atoms. The smallest absolute Gasteiger partial charge is 0.338 e. The molecule has 0 saturated heterocycles. The Kier molecular flexibility index (Phi) is 5.38. The number of carbonyl (C=O) groups excluding carboxylic acids is 2. The number of methoxy groups -OCH3 is 1. The lowest BCUT2D eigenvalue weighted by molar-refractivity contribution is -0.140. The zero-order valence-corrected chi connectivity index (χ0v) is 14.0. The standard InChI is InChI=1S/C13H15BrN2O4S/c1-7-10(12(17)20-4-3-19-2)11(16-13(18)15-7)9-5-8(14)6-21-9/h5-6,11H,3-4H2,1-2H3,(H2,15,16,18). The van der Waals surface area contributed by atoms with Crippen LogP contribution in [0.3, 0.4) is 0 Å². The van der Waals surface area contributed by atoms with Gasteiger partial charge >= 0.3 is 12.0 Å². The highest BCUT2D eigenvalue weighted by atomic mass is 79.9. The van der Waals surface area contributed by atoms with Crippen molar-refractivity contribution in [3.05, 3.63) is 32.1 Å². The molecular formula is C13H15BrN2O4S. The molecule has 1 aromatic heterocycles. The van der Waals surface area contributed by atoms with Gasteiger partial charge in [0.05, 0.1) is 18.2 Å². The van der Waals surface area contributed by atoms with Gasteiger partial charge in [-0.25, -0.2) is 9.59 Å². The quantitative estimate of drug-likeness (QED) is 0.612. The third kappa shape index (κ3) is 3.84. The fourth-order valence-corrected chi connectivity index (χ4v) is 3.46. The number of thiophene rings is 1. The molecule has 2 amide bonds. The van der Waals surface area contributed by atoms with Crippen molar-refractivity contribution < 1.29 is 19.1 Å². The fraction of sp³-hybridized carbons (Fsp3) is 0.385. The largest absolute Gasteiger partial charge is 0.460 e. The summed E-state index contributed by atoms with van der Waals surface area (Å²) in [5.41, 5.74) is 0.899. The molecule has 0 aliphatic carbocycles. The van der Waals surface area contributed by atoms with Crippen LogP contribution in [-0.2, 0) is 14.3 Å². The summed E-state index contributed by atoms with van der Waals surface area (Å²) in [6, 6.07) is 1.02. The normalized spacial score (nSPS) is 18.2. The van der Waals surface area contributed by atoms with Gasteiger partial charge in [0.2, 0.25) is 0 Å². The minimum absolute atomic E-state index is 0.168. The Balaban J connectivity index is 2.26. The summed E-state index contributed by atoms with van der Waals surface area (Å²) in [6.45, 7) is 2.18. The summed E-state index contributed by atoms with van der Waals surface area (Å²) >= 11 is 4.82. The first-order chi connectivity index (χ1) is 10.0. The van der Waals surface area contributed by atoms with E-state index in [2.05, 4.69) is 26.6 Å². The molecule has 0 fully saturated rings. The van der Waals surface area contributed by atoms with Crippen LogP contribution in [0.2, 0.25) is 0 Å². The zero-order chi connectivity index (χ0) is 15.4. The number of rotatable bonds is 5. The van der Waals surface area contributed by atoms with Gasteiger partial charge in [-0.3, -0.25) is 0 Å². The number of amides is 2. The van der Waals surface area contributed by atoms with Gasteiger partial charge < -0.3 is 20.1 Å². The van der Waals surface area contributed by atoms with Crippen molar-refractivity contribution in [3.63, 3.8) is 0 Å². The van der Waals surface area contributed by atoms with Crippen LogP contribution < -0.4 is 10.6 Å². The molecule has 1 aliphatic rings. The summed E-state index contributed by atoms with van der Waals surface area (Å²) in [7, 11) is 1.53. The number of urea groups is 1. The number of esters is 1. The lowest BCUT2D eigenvalue weighted by atomic mass is 10.0. The van der Waals surface area contributed by atoms with Gasteiger partial charge in [0.15, 0.2) is 0 Å². The van der Waals surface area contributed by atoms with E-state index in [9.17, 15) is 9.59 Å². The minimum Gasteiger partial charge on any atom is -0.460 e. The summed E-state index contributed by atoms with van der Waals surface area (Å²) in [4.78, 5) is 24.8. The topological polar surface area (TPSA) is 76.7 Å². The first-order valence-corrected chi connectivity index (χ1v) is 7.88. The third-order valence-corrected chi connectivity index (χ3v) is 4.64. The lowest BCUT2D eigenvalue weighted by Gasteiger charge is -2.27. The van der Waals surface area contributed by atoms with Crippen molar-refractivity contribution in [3.8, 4) is 0 Å². The molecule has 0 aromatic carbocycles. The molecule has 1 aliphatic heterocycles. The number of carbonyl (C=O) groups is 2. The van der Waals surface area contributed by atoms with Crippen LogP contribution >= 0.6 is 27.3 Å². The van der Waals surface area contributed by atoms with Gasteiger partial charge in [-0.2, -0.15) is 0 Å². The highest BCUT2D eigenvalue weighted by Crippen LogP contribution is 2.33. The number of hydrogen-bond acceptors (Lipinski definition) is 5. The van der Waals surface area contributed by atoms with E-state index >= 15 is 0 Å². The second kappa shape index (κ2) is 7.06. The first kappa shape index (κ1) is 16.0. The van der Waals surface area contributed by atoms with E-state index in [-0.39, 0.29) is 12.6 Å². The molecule has 2 N–H and O–H groups in total. The number of allylic oxidation sites excluding steroid dienone is 1. The van der Waals surface area contributed by atoms with Crippen molar-refractivity contribution in [1.29, 1.82) is 0 Å². The maximum Gasteiger partial charge on any atom is 0.338 e. The molecule has 1 unspecified atom stereocenters. The van der Waals surface area contributed by atoms with Crippen LogP contribution in [0, 0.1) is 0 Å². The molecule has 6 nitrogen and oxygen atoms in total. The molecule has 2 heterocycles.